The van der Waals surface area contributed by atoms with E-state index in [0.29, 0.717) is 12.1 Å². The summed E-state index contributed by atoms with van der Waals surface area (Å²) in [6, 6.07) is 9.67. The molecule has 1 heterocycles. The zero-order valence-electron chi connectivity index (χ0n) is 15.1. The lowest BCUT2D eigenvalue weighted by molar-refractivity contribution is 0.0954. The molecule has 0 radical (unpaired) electrons. The van der Waals surface area contributed by atoms with Crippen LogP contribution in [0, 0.1) is 0 Å². The summed E-state index contributed by atoms with van der Waals surface area (Å²) >= 11 is 0. The molecule has 2 aromatic rings. The highest BCUT2D eigenvalue weighted by Gasteiger charge is 2.07. The summed E-state index contributed by atoms with van der Waals surface area (Å²) < 4.78 is 5.14. The van der Waals surface area contributed by atoms with Crippen LogP contribution in [0.4, 0.5) is 5.69 Å². The summed E-state index contributed by atoms with van der Waals surface area (Å²) in [5.41, 5.74) is 2.56. The van der Waals surface area contributed by atoms with Gasteiger partial charge in [-0.2, -0.15) is 0 Å². The molecule has 134 valence electrons. The number of nitrogens with one attached hydrogen (secondary N) is 2. The smallest absolute Gasteiger partial charge is 0.252 e. The van der Waals surface area contributed by atoms with E-state index < -0.39 is 0 Å². The Bertz CT molecular complexity index is 671. The minimum Gasteiger partial charge on any atom is -0.497 e. The van der Waals surface area contributed by atoms with E-state index in [1.54, 1.807) is 19.5 Å². The number of pyridine rings is 1. The first-order valence-electron chi connectivity index (χ1n) is 8.33. The normalized spacial score (nSPS) is 10.6. The van der Waals surface area contributed by atoms with Crippen LogP contribution >= 0.6 is 0 Å². The first kappa shape index (κ1) is 18.7. The summed E-state index contributed by atoms with van der Waals surface area (Å²) in [7, 11) is 5.69. The van der Waals surface area contributed by atoms with E-state index in [4.69, 9.17) is 4.74 Å². The number of ether oxygens (including phenoxy) is 1. The lowest BCUT2D eigenvalue weighted by Crippen LogP contribution is -2.26. The van der Waals surface area contributed by atoms with Crippen LogP contribution in [0.2, 0.25) is 0 Å². The molecule has 2 N–H and O–H groups in total. The second-order valence-corrected chi connectivity index (χ2v) is 6.05. The van der Waals surface area contributed by atoms with Gasteiger partial charge in [0.2, 0.25) is 0 Å². The van der Waals surface area contributed by atoms with Crippen molar-refractivity contribution in [3.05, 3.63) is 53.9 Å². The number of rotatable bonds is 9. The molecule has 1 aromatic carbocycles. The minimum atomic E-state index is -0.114. The number of carbonyl (C=O) groups excluding carboxylic acids is 1. The second-order valence-electron chi connectivity index (χ2n) is 6.05. The van der Waals surface area contributed by atoms with Crippen molar-refractivity contribution in [1.29, 1.82) is 0 Å². The summed E-state index contributed by atoms with van der Waals surface area (Å²) in [4.78, 5) is 18.5. The number of likely N-dealkylation sites (N-methyl/N-ethyl adjacent to an activating group) is 1. The van der Waals surface area contributed by atoms with Gasteiger partial charge in [-0.1, -0.05) is 12.1 Å². The van der Waals surface area contributed by atoms with E-state index in [1.165, 1.54) is 0 Å². The van der Waals surface area contributed by atoms with Gasteiger partial charge in [0.1, 0.15) is 5.75 Å². The van der Waals surface area contributed by atoms with Gasteiger partial charge in [-0.05, 0) is 44.3 Å². The maximum atomic E-state index is 12.3. The molecule has 6 nitrogen and oxygen atoms in total. The van der Waals surface area contributed by atoms with Gasteiger partial charge >= 0.3 is 0 Å². The van der Waals surface area contributed by atoms with Gasteiger partial charge in [-0.25, -0.2) is 0 Å². The largest absolute Gasteiger partial charge is 0.497 e. The summed E-state index contributed by atoms with van der Waals surface area (Å²) in [5, 5.41) is 6.20. The van der Waals surface area contributed by atoms with Crippen LogP contribution in [0.1, 0.15) is 15.9 Å². The van der Waals surface area contributed by atoms with Crippen LogP contribution in [-0.4, -0.2) is 56.6 Å². The molecule has 25 heavy (non-hydrogen) atoms. The maximum absolute atomic E-state index is 12.3. The molecule has 0 aliphatic heterocycles. The SMILES string of the molecule is COc1ccc(CCNC(=O)c2cncc(NCCN(C)C)c2)cc1. The van der Waals surface area contributed by atoms with Gasteiger partial charge in [0.05, 0.1) is 18.4 Å². The molecule has 0 spiro atoms. The molecule has 2 rings (SSSR count). The Balaban J connectivity index is 1.81. The average Bonchev–Trinajstić information content (AvgIpc) is 2.62. The quantitative estimate of drug-likeness (QED) is 0.730. The number of hydrogen-bond acceptors (Lipinski definition) is 5. The standard InChI is InChI=1S/C19H26N4O2/c1-23(2)11-10-21-17-12-16(13-20-14-17)19(24)22-9-8-15-4-6-18(25-3)7-5-15/h4-7,12-14,21H,8-11H2,1-3H3,(H,22,24). The first-order valence-corrected chi connectivity index (χ1v) is 8.33. The highest BCUT2D eigenvalue weighted by Crippen LogP contribution is 2.11. The lowest BCUT2D eigenvalue weighted by Gasteiger charge is -2.12. The van der Waals surface area contributed by atoms with E-state index in [0.717, 1.165) is 36.5 Å². The van der Waals surface area contributed by atoms with Gasteiger partial charge in [0, 0.05) is 32.0 Å². The number of anilines is 1. The van der Waals surface area contributed by atoms with Crippen LogP contribution < -0.4 is 15.4 Å². The molecule has 0 saturated heterocycles. The average molecular weight is 342 g/mol. The summed E-state index contributed by atoms with van der Waals surface area (Å²) in [5.74, 6) is 0.717. The molecule has 0 unspecified atom stereocenters. The molecule has 1 aromatic heterocycles. The van der Waals surface area contributed by atoms with Crippen molar-refractivity contribution in [3.63, 3.8) is 0 Å². The number of nitrogens with zero attached hydrogens (tertiary/aromatic N) is 2. The molecule has 6 heteroatoms. The number of hydrogen-bond donors (Lipinski definition) is 2. The number of aromatic nitrogens is 1. The van der Waals surface area contributed by atoms with Gasteiger partial charge in [0.25, 0.3) is 5.91 Å². The van der Waals surface area contributed by atoms with Crippen LogP contribution in [0.3, 0.4) is 0 Å². The molecule has 1 amide bonds. The molecular formula is C19H26N4O2. The number of amides is 1. The van der Waals surface area contributed by atoms with Crippen molar-refractivity contribution >= 4 is 11.6 Å². The zero-order valence-corrected chi connectivity index (χ0v) is 15.1. The fourth-order valence-corrected chi connectivity index (χ4v) is 2.30. The molecule has 0 bridgehead atoms. The minimum absolute atomic E-state index is 0.114. The topological polar surface area (TPSA) is 66.5 Å². The van der Waals surface area contributed by atoms with E-state index in [9.17, 15) is 4.79 Å². The third-order valence-electron chi connectivity index (χ3n) is 3.75. The van der Waals surface area contributed by atoms with E-state index >= 15 is 0 Å². The van der Waals surface area contributed by atoms with Crippen molar-refractivity contribution in [2.75, 3.05) is 46.2 Å². The van der Waals surface area contributed by atoms with Crippen molar-refractivity contribution in [2.24, 2.45) is 0 Å². The number of methoxy groups -OCH3 is 1. The highest BCUT2D eigenvalue weighted by atomic mass is 16.5. The lowest BCUT2D eigenvalue weighted by atomic mass is 10.1. The Morgan fingerprint density at radius 1 is 1.16 bits per heavy atom. The summed E-state index contributed by atoms with van der Waals surface area (Å²) in [6.07, 6.45) is 4.08. The second kappa shape index (κ2) is 9.64. The third-order valence-corrected chi connectivity index (χ3v) is 3.75. The Hall–Kier alpha value is -2.60. The Morgan fingerprint density at radius 2 is 1.92 bits per heavy atom. The fourth-order valence-electron chi connectivity index (χ4n) is 2.30. The first-order chi connectivity index (χ1) is 12.1. The number of benzene rings is 1. The van der Waals surface area contributed by atoms with E-state index in [2.05, 4.69) is 20.5 Å². The Labute approximate surface area is 149 Å². The Morgan fingerprint density at radius 3 is 2.60 bits per heavy atom. The van der Waals surface area contributed by atoms with Crippen molar-refractivity contribution in [1.82, 2.24) is 15.2 Å². The molecule has 0 saturated carbocycles. The maximum Gasteiger partial charge on any atom is 0.252 e. The van der Waals surface area contributed by atoms with Crippen molar-refractivity contribution in [3.8, 4) is 5.75 Å². The third kappa shape index (κ3) is 6.43. The van der Waals surface area contributed by atoms with Crippen molar-refractivity contribution in [2.45, 2.75) is 6.42 Å². The number of carbonyl (C=O) groups is 1. The molecule has 0 fully saturated rings. The zero-order chi connectivity index (χ0) is 18.1. The van der Waals surface area contributed by atoms with Crippen LogP contribution in [-0.2, 0) is 6.42 Å². The van der Waals surface area contributed by atoms with Gasteiger partial charge in [0.15, 0.2) is 0 Å². The highest BCUT2D eigenvalue weighted by molar-refractivity contribution is 5.94. The van der Waals surface area contributed by atoms with Crippen LogP contribution in [0.15, 0.2) is 42.7 Å². The predicted molar refractivity (Wildman–Crippen MR) is 100 cm³/mol. The monoisotopic (exact) mass is 342 g/mol. The Kier molecular flexibility index (Phi) is 7.22. The van der Waals surface area contributed by atoms with Crippen LogP contribution in [0.5, 0.6) is 5.75 Å². The van der Waals surface area contributed by atoms with Crippen molar-refractivity contribution < 1.29 is 9.53 Å². The van der Waals surface area contributed by atoms with Crippen LogP contribution in [0.25, 0.3) is 0 Å². The van der Waals surface area contributed by atoms with E-state index in [-0.39, 0.29) is 5.91 Å². The fraction of sp³-hybridized carbons (Fsp3) is 0.368. The van der Waals surface area contributed by atoms with E-state index in [1.807, 2.05) is 44.4 Å². The molecule has 0 aliphatic rings. The van der Waals surface area contributed by atoms with Gasteiger partial charge < -0.3 is 20.3 Å². The predicted octanol–water partition coefficient (Wildman–Crippen LogP) is 2.04. The molecule has 0 aliphatic carbocycles. The molecule has 0 atom stereocenters. The van der Waals surface area contributed by atoms with Gasteiger partial charge in [-0.3, -0.25) is 9.78 Å². The molecular weight excluding hydrogens is 316 g/mol. The van der Waals surface area contributed by atoms with Gasteiger partial charge in [-0.15, -0.1) is 0 Å². The summed E-state index contributed by atoms with van der Waals surface area (Å²) in [6.45, 7) is 2.29.